The summed E-state index contributed by atoms with van der Waals surface area (Å²) in [6.07, 6.45) is 0.757. The average Bonchev–Trinajstić information content (AvgIpc) is 2.66. The van der Waals surface area contributed by atoms with Gasteiger partial charge in [0.1, 0.15) is 0 Å². The molecule has 0 aromatic carbocycles. The molecule has 2 rings (SSSR count). The lowest BCUT2D eigenvalue weighted by Gasteiger charge is -2.33. The molecule has 1 saturated carbocycles. The summed E-state index contributed by atoms with van der Waals surface area (Å²) < 4.78 is 26.0. The van der Waals surface area contributed by atoms with Crippen molar-refractivity contribution in [1.29, 1.82) is 0 Å². The SMILES string of the molecule is O=C(O)C1CNCC1C1CCC(F)(F)CC1. The maximum Gasteiger partial charge on any atom is 0.308 e. The van der Waals surface area contributed by atoms with Crippen LogP contribution in [0.25, 0.3) is 0 Å². The topological polar surface area (TPSA) is 49.3 Å². The molecule has 2 unspecified atom stereocenters. The van der Waals surface area contributed by atoms with Gasteiger partial charge in [0, 0.05) is 19.4 Å². The molecule has 92 valence electrons. The van der Waals surface area contributed by atoms with Crippen molar-refractivity contribution < 1.29 is 18.7 Å². The van der Waals surface area contributed by atoms with Crippen LogP contribution in [0.1, 0.15) is 25.7 Å². The summed E-state index contributed by atoms with van der Waals surface area (Å²) in [6, 6.07) is 0. The number of hydrogen-bond acceptors (Lipinski definition) is 2. The van der Waals surface area contributed by atoms with Crippen LogP contribution in [0.15, 0.2) is 0 Å². The third-order valence-electron chi connectivity index (χ3n) is 3.95. The maximum atomic E-state index is 13.0. The third kappa shape index (κ3) is 2.34. The number of carbonyl (C=O) groups is 1. The highest BCUT2D eigenvalue weighted by Crippen LogP contribution is 2.41. The number of aliphatic carboxylic acids is 1. The van der Waals surface area contributed by atoms with Crippen LogP contribution in [0.4, 0.5) is 8.78 Å². The van der Waals surface area contributed by atoms with E-state index in [-0.39, 0.29) is 24.7 Å². The molecule has 0 radical (unpaired) electrons. The van der Waals surface area contributed by atoms with Gasteiger partial charge in [-0.25, -0.2) is 8.78 Å². The Morgan fingerprint density at radius 2 is 1.88 bits per heavy atom. The van der Waals surface area contributed by atoms with Crippen molar-refractivity contribution in [2.45, 2.75) is 31.6 Å². The summed E-state index contributed by atoms with van der Waals surface area (Å²) in [6.45, 7) is 1.14. The van der Waals surface area contributed by atoms with E-state index in [4.69, 9.17) is 5.11 Å². The molecule has 2 aliphatic rings. The zero-order valence-corrected chi connectivity index (χ0v) is 9.09. The van der Waals surface area contributed by atoms with Gasteiger partial charge < -0.3 is 10.4 Å². The second kappa shape index (κ2) is 4.28. The van der Waals surface area contributed by atoms with E-state index < -0.39 is 17.8 Å². The van der Waals surface area contributed by atoms with Crippen molar-refractivity contribution in [3.63, 3.8) is 0 Å². The number of nitrogens with one attached hydrogen (secondary N) is 1. The molecule has 0 amide bonds. The summed E-state index contributed by atoms with van der Waals surface area (Å²) in [4.78, 5) is 11.0. The lowest BCUT2D eigenvalue weighted by molar-refractivity contribution is -0.143. The molecule has 1 aliphatic heterocycles. The van der Waals surface area contributed by atoms with Gasteiger partial charge in [-0.05, 0) is 31.2 Å². The Hall–Kier alpha value is -0.710. The molecule has 2 fully saturated rings. The Bertz CT molecular complexity index is 273. The third-order valence-corrected chi connectivity index (χ3v) is 3.95. The summed E-state index contributed by atoms with van der Waals surface area (Å²) in [5, 5.41) is 12.1. The first-order valence-corrected chi connectivity index (χ1v) is 5.81. The molecular weight excluding hydrogens is 216 g/mol. The number of carboxylic acid groups (broad SMARTS) is 1. The van der Waals surface area contributed by atoms with Gasteiger partial charge in [-0.15, -0.1) is 0 Å². The molecule has 1 saturated heterocycles. The molecule has 5 heteroatoms. The quantitative estimate of drug-likeness (QED) is 0.763. The van der Waals surface area contributed by atoms with Crippen LogP contribution >= 0.6 is 0 Å². The second-order valence-corrected chi connectivity index (χ2v) is 4.96. The van der Waals surface area contributed by atoms with Crippen LogP contribution in [0, 0.1) is 17.8 Å². The van der Waals surface area contributed by atoms with Gasteiger partial charge in [-0.3, -0.25) is 4.79 Å². The average molecular weight is 233 g/mol. The Kier molecular flexibility index (Phi) is 3.15. The molecule has 0 aromatic rings. The molecule has 0 aromatic heterocycles. The Morgan fingerprint density at radius 3 is 2.44 bits per heavy atom. The van der Waals surface area contributed by atoms with Crippen LogP contribution in [-0.4, -0.2) is 30.1 Å². The van der Waals surface area contributed by atoms with E-state index in [9.17, 15) is 13.6 Å². The number of alkyl halides is 2. The van der Waals surface area contributed by atoms with Crippen molar-refractivity contribution >= 4 is 5.97 Å². The molecule has 2 N–H and O–H groups in total. The molecule has 0 spiro atoms. The monoisotopic (exact) mass is 233 g/mol. The summed E-state index contributed by atoms with van der Waals surface area (Å²) in [5.74, 6) is -3.53. The standard InChI is InChI=1S/C11H17F2NO2/c12-11(13)3-1-7(2-4-11)8-5-14-6-9(8)10(15)16/h7-9,14H,1-6H2,(H,15,16). The van der Waals surface area contributed by atoms with Gasteiger partial charge in [0.2, 0.25) is 5.92 Å². The van der Waals surface area contributed by atoms with Crippen LogP contribution in [0.2, 0.25) is 0 Å². The van der Waals surface area contributed by atoms with E-state index in [1.54, 1.807) is 0 Å². The lowest BCUT2D eigenvalue weighted by Crippen LogP contribution is -2.33. The first-order chi connectivity index (χ1) is 7.49. The fourth-order valence-electron chi connectivity index (χ4n) is 2.96. The van der Waals surface area contributed by atoms with E-state index in [2.05, 4.69) is 5.32 Å². The maximum absolute atomic E-state index is 13.0. The van der Waals surface area contributed by atoms with Gasteiger partial charge in [-0.2, -0.15) is 0 Å². The van der Waals surface area contributed by atoms with Crippen LogP contribution in [0.5, 0.6) is 0 Å². The molecule has 3 nitrogen and oxygen atoms in total. The summed E-state index contributed by atoms with van der Waals surface area (Å²) in [5.41, 5.74) is 0. The molecule has 0 bridgehead atoms. The number of rotatable bonds is 2. The second-order valence-electron chi connectivity index (χ2n) is 4.96. The van der Waals surface area contributed by atoms with E-state index >= 15 is 0 Å². The predicted molar refractivity (Wildman–Crippen MR) is 54.4 cm³/mol. The van der Waals surface area contributed by atoms with E-state index in [1.807, 2.05) is 0 Å². The van der Waals surface area contributed by atoms with Crippen LogP contribution in [-0.2, 0) is 4.79 Å². The lowest BCUT2D eigenvalue weighted by atomic mass is 9.74. The minimum atomic E-state index is -2.53. The van der Waals surface area contributed by atoms with Crippen molar-refractivity contribution in [1.82, 2.24) is 5.32 Å². The summed E-state index contributed by atoms with van der Waals surface area (Å²) in [7, 11) is 0. The molecule has 1 aliphatic carbocycles. The van der Waals surface area contributed by atoms with E-state index in [0.29, 0.717) is 25.9 Å². The van der Waals surface area contributed by atoms with Crippen molar-refractivity contribution in [3.8, 4) is 0 Å². The van der Waals surface area contributed by atoms with Crippen molar-refractivity contribution in [2.75, 3.05) is 13.1 Å². The predicted octanol–water partition coefficient (Wildman–Crippen LogP) is 1.73. The number of halogens is 2. The Labute approximate surface area is 93.2 Å². The van der Waals surface area contributed by atoms with E-state index in [0.717, 1.165) is 0 Å². The fraction of sp³-hybridized carbons (Fsp3) is 0.909. The normalized spacial score (nSPS) is 35.1. The fourth-order valence-corrected chi connectivity index (χ4v) is 2.96. The van der Waals surface area contributed by atoms with Gasteiger partial charge >= 0.3 is 5.97 Å². The first kappa shape index (κ1) is 11.8. The highest BCUT2D eigenvalue weighted by atomic mass is 19.3. The summed E-state index contributed by atoms with van der Waals surface area (Å²) >= 11 is 0. The number of carboxylic acids is 1. The van der Waals surface area contributed by atoms with Gasteiger partial charge in [0.15, 0.2) is 0 Å². The minimum absolute atomic E-state index is 0.0357. The molecule has 16 heavy (non-hydrogen) atoms. The Balaban J connectivity index is 1.96. The number of hydrogen-bond donors (Lipinski definition) is 2. The largest absolute Gasteiger partial charge is 0.481 e. The van der Waals surface area contributed by atoms with Gasteiger partial charge in [0.05, 0.1) is 5.92 Å². The van der Waals surface area contributed by atoms with Gasteiger partial charge in [0.25, 0.3) is 0 Å². The zero-order chi connectivity index (χ0) is 11.8. The Morgan fingerprint density at radius 1 is 1.25 bits per heavy atom. The first-order valence-electron chi connectivity index (χ1n) is 5.81. The molecule has 1 heterocycles. The van der Waals surface area contributed by atoms with Gasteiger partial charge in [-0.1, -0.05) is 0 Å². The van der Waals surface area contributed by atoms with Crippen molar-refractivity contribution in [3.05, 3.63) is 0 Å². The highest BCUT2D eigenvalue weighted by molar-refractivity contribution is 5.71. The van der Waals surface area contributed by atoms with Crippen LogP contribution in [0.3, 0.4) is 0 Å². The molecular formula is C11H17F2NO2. The zero-order valence-electron chi connectivity index (χ0n) is 9.09. The van der Waals surface area contributed by atoms with Crippen LogP contribution < -0.4 is 5.32 Å². The highest BCUT2D eigenvalue weighted by Gasteiger charge is 2.43. The smallest absolute Gasteiger partial charge is 0.308 e. The minimum Gasteiger partial charge on any atom is -0.481 e. The van der Waals surface area contributed by atoms with E-state index in [1.165, 1.54) is 0 Å². The molecule has 2 atom stereocenters. The van der Waals surface area contributed by atoms with Crippen molar-refractivity contribution in [2.24, 2.45) is 17.8 Å².